The number of carboxylic acid groups (broad SMARTS) is 1. The SMILES string of the molecule is Cc1c(C(C)(F)F)nn(C(C)C2CC(F)(F)C2)c1C(=O)O. The van der Waals surface area contributed by atoms with Crippen molar-refractivity contribution in [2.24, 2.45) is 5.92 Å². The highest BCUT2D eigenvalue weighted by atomic mass is 19.3. The number of rotatable bonds is 4. The Morgan fingerprint density at radius 1 is 1.48 bits per heavy atom. The summed E-state index contributed by atoms with van der Waals surface area (Å²) < 4.78 is 53.7. The third-order valence-electron chi connectivity index (χ3n) is 3.96. The zero-order chi connectivity index (χ0) is 16.2. The minimum absolute atomic E-state index is 0.132. The third kappa shape index (κ3) is 2.75. The average molecular weight is 308 g/mol. The number of nitrogens with zero attached hydrogens (tertiary/aromatic N) is 2. The van der Waals surface area contributed by atoms with Gasteiger partial charge in [-0.3, -0.25) is 4.68 Å². The number of alkyl halides is 4. The van der Waals surface area contributed by atoms with Crippen LogP contribution in [0.4, 0.5) is 17.6 Å². The molecule has 0 spiro atoms. The fourth-order valence-electron chi connectivity index (χ4n) is 2.74. The van der Waals surface area contributed by atoms with Gasteiger partial charge in [0.2, 0.25) is 5.92 Å². The van der Waals surface area contributed by atoms with E-state index in [4.69, 9.17) is 0 Å². The minimum Gasteiger partial charge on any atom is -0.477 e. The van der Waals surface area contributed by atoms with Crippen LogP contribution >= 0.6 is 0 Å². The van der Waals surface area contributed by atoms with E-state index in [2.05, 4.69) is 5.10 Å². The maximum atomic E-state index is 13.5. The van der Waals surface area contributed by atoms with Crippen LogP contribution in [0.3, 0.4) is 0 Å². The van der Waals surface area contributed by atoms with Crippen LogP contribution in [0.25, 0.3) is 0 Å². The number of carboxylic acids is 1. The number of hydrogen-bond acceptors (Lipinski definition) is 2. The smallest absolute Gasteiger partial charge is 0.354 e. The van der Waals surface area contributed by atoms with Crippen LogP contribution in [0.5, 0.6) is 0 Å². The van der Waals surface area contributed by atoms with E-state index in [1.165, 1.54) is 13.8 Å². The molecule has 1 aliphatic rings. The average Bonchev–Trinajstić information content (AvgIpc) is 2.62. The highest BCUT2D eigenvalue weighted by Gasteiger charge is 2.49. The molecule has 8 heteroatoms. The maximum Gasteiger partial charge on any atom is 0.354 e. The highest BCUT2D eigenvalue weighted by molar-refractivity contribution is 5.87. The molecule has 1 atom stereocenters. The second-order valence-electron chi connectivity index (χ2n) is 5.73. The summed E-state index contributed by atoms with van der Waals surface area (Å²) in [5.41, 5.74) is -1.12. The predicted octanol–water partition coefficient (Wildman–Crippen LogP) is 3.61. The van der Waals surface area contributed by atoms with Crippen molar-refractivity contribution in [3.8, 4) is 0 Å². The van der Waals surface area contributed by atoms with Crippen molar-refractivity contribution in [2.75, 3.05) is 0 Å². The second-order valence-corrected chi connectivity index (χ2v) is 5.73. The summed E-state index contributed by atoms with van der Waals surface area (Å²) in [5, 5.41) is 12.9. The molecule has 0 aromatic carbocycles. The van der Waals surface area contributed by atoms with Crippen LogP contribution in [0.1, 0.15) is 54.5 Å². The van der Waals surface area contributed by atoms with Gasteiger partial charge in [0.15, 0.2) is 0 Å². The lowest BCUT2D eigenvalue weighted by molar-refractivity contribution is -0.123. The van der Waals surface area contributed by atoms with E-state index in [-0.39, 0.29) is 24.1 Å². The summed E-state index contributed by atoms with van der Waals surface area (Å²) in [6.45, 7) is 3.40. The lowest BCUT2D eigenvalue weighted by Crippen LogP contribution is -2.40. The first kappa shape index (κ1) is 15.8. The zero-order valence-electron chi connectivity index (χ0n) is 11.8. The Hall–Kier alpha value is -1.60. The molecular formula is C13H16F4N2O2. The van der Waals surface area contributed by atoms with Gasteiger partial charge in [-0.1, -0.05) is 0 Å². The fourth-order valence-corrected chi connectivity index (χ4v) is 2.74. The monoisotopic (exact) mass is 308 g/mol. The summed E-state index contributed by atoms with van der Waals surface area (Å²) in [6, 6.07) is -0.675. The molecule has 1 N–H and O–H groups in total. The summed E-state index contributed by atoms with van der Waals surface area (Å²) in [5.74, 6) is -7.92. The molecule has 0 amide bonds. The van der Waals surface area contributed by atoms with Crippen LogP contribution in [-0.4, -0.2) is 26.8 Å². The van der Waals surface area contributed by atoms with Crippen LogP contribution in [0, 0.1) is 12.8 Å². The molecular weight excluding hydrogens is 292 g/mol. The first-order chi connectivity index (χ1) is 9.44. The van der Waals surface area contributed by atoms with Gasteiger partial charge in [0, 0.05) is 25.3 Å². The van der Waals surface area contributed by atoms with E-state index >= 15 is 0 Å². The number of carbonyl (C=O) groups is 1. The zero-order valence-corrected chi connectivity index (χ0v) is 11.8. The van der Waals surface area contributed by atoms with Gasteiger partial charge in [0.25, 0.3) is 5.92 Å². The summed E-state index contributed by atoms with van der Waals surface area (Å²) in [4.78, 5) is 11.3. The quantitative estimate of drug-likeness (QED) is 0.865. The first-order valence-corrected chi connectivity index (χ1v) is 6.52. The van der Waals surface area contributed by atoms with Crippen LogP contribution < -0.4 is 0 Å². The molecule has 4 nitrogen and oxygen atoms in total. The van der Waals surface area contributed by atoms with E-state index < -0.39 is 35.5 Å². The lowest BCUT2D eigenvalue weighted by atomic mass is 9.77. The van der Waals surface area contributed by atoms with Crippen molar-refractivity contribution in [3.05, 3.63) is 17.0 Å². The lowest BCUT2D eigenvalue weighted by Gasteiger charge is -2.39. The van der Waals surface area contributed by atoms with Crippen molar-refractivity contribution in [1.29, 1.82) is 0 Å². The Balaban J connectivity index is 2.41. The molecule has 0 radical (unpaired) electrons. The van der Waals surface area contributed by atoms with E-state index in [1.54, 1.807) is 0 Å². The van der Waals surface area contributed by atoms with Gasteiger partial charge in [-0.2, -0.15) is 13.9 Å². The Morgan fingerprint density at radius 3 is 2.38 bits per heavy atom. The molecule has 0 saturated heterocycles. The molecule has 118 valence electrons. The molecule has 1 heterocycles. The van der Waals surface area contributed by atoms with Crippen molar-refractivity contribution in [1.82, 2.24) is 9.78 Å². The standard InChI is InChI=1S/C13H16F4N2O2/c1-6-9(11(20)21)19(18-10(6)12(3,14)15)7(2)8-4-13(16,17)5-8/h7-8H,4-5H2,1-3H3,(H,20,21). The Morgan fingerprint density at radius 2 is 2.00 bits per heavy atom. The molecule has 0 bridgehead atoms. The van der Waals surface area contributed by atoms with E-state index in [0.29, 0.717) is 6.92 Å². The molecule has 1 unspecified atom stereocenters. The van der Waals surface area contributed by atoms with Crippen molar-refractivity contribution in [3.63, 3.8) is 0 Å². The molecule has 1 fully saturated rings. The first-order valence-electron chi connectivity index (χ1n) is 6.52. The maximum absolute atomic E-state index is 13.5. The summed E-state index contributed by atoms with van der Waals surface area (Å²) >= 11 is 0. The van der Waals surface area contributed by atoms with Crippen LogP contribution in [0.2, 0.25) is 0 Å². The highest BCUT2D eigenvalue weighted by Crippen LogP contribution is 2.48. The summed E-state index contributed by atoms with van der Waals surface area (Å²) in [7, 11) is 0. The van der Waals surface area contributed by atoms with Gasteiger partial charge in [0.05, 0.1) is 6.04 Å². The molecule has 1 aromatic heterocycles. The van der Waals surface area contributed by atoms with Crippen molar-refractivity contribution in [2.45, 2.75) is 51.5 Å². The van der Waals surface area contributed by atoms with Crippen molar-refractivity contribution < 1.29 is 27.5 Å². The summed E-state index contributed by atoms with van der Waals surface area (Å²) in [6.07, 6.45) is -0.770. The Bertz CT molecular complexity index is 569. The second kappa shape index (κ2) is 4.71. The molecule has 1 aliphatic carbocycles. The molecule has 1 saturated carbocycles. The molecule has 0 aliphatic heterocycles. The number of aromatic nitrogens is 2. The van der Waals surface area contributed by atoms with Gasteiger partial charge >= 0.3 is 5.97 Å². The van der Waals surface area contributed by atoms with Gasteiger partial charge in [0.1, 0.15) is 11.4 Å². The molecule has 1 aromatic rings. The van der Waals surface area contributed by atoms with Crippen LogP contribution in [-0.2, 0) is 5.92 Å². The fraction of sp³-hybridized carbons (Fsp3) is 0.692. The number of aromatic carboxylic acids is 1. The van der Waals surface area contributed by atoms with Gasteiger partial charge in [-0.05, 0) is 19.8 Å². The third-order valence-corrected chi connectivity index (χ3v) is 3.96. The Labute approximate surface area is 118 Å². The number of halogens is 4. The largest absolute Gasteiger partial charge is 0.477 e. The number of hydrogen-bond donors (Lipinski definition) is 1. The molecule has 21 heavy (non-hydrogen) atoms. The Kier molecular flexibility index (Phi) is 3.54. The predicted molar refractivity (Wildman–Crippen MR) is 65.9 cm³/mol. The van der Waals surface area contributed by atoms with Gasteiger partial charge in [-0.25, -0.2) is 13.6 Å². The van der Waals surface area contributed by atoms with E-state index in [9.17, 15) is 27.5 Å². The topological polar surface area (TPSA) is 55.1 Å². The van der Waals surface area contributed by atoms with Gasteiger partial charge < -0.3 is 5.11 Å². The minimum atomic E-state index is -3.29. The van der Waals surface area contributed by atoms with E-state index in [1.807, 2.05) is 0 Å². The molecule has 2 rings (SSSR count). The van der Waals surface area contributed by atoms with Crippen LogP contribution in [0.15, 0.2) is 0 Å². The normalized spacial score (nSPS) is 20.1. The van der Waals surface area contributed by atoms with Gasteiger partial charge in [-0.15, -0.1) is 0 Å². The van der Waals surface area contributed by atoms with E-state index in [0.717, 1.165) is 4.68 Å². The van der Waals surface area contributed by atoms with Crippen molar-refractivity contribution >= 4 is 5.97 Å².